The summed E-state index contributed by atoms with van der Waals surface area (Å²) >= 11 is 2.11. The van der Waals surface area contributed by atoms with Gasteiger partial charge in [-0.25, -0.2) is 14.2 Å². The Balaban J connectivity index is 1.16. The normalized spacial score (nSPS) is 17.7. The Bertz CT molecular complexity index is 2010. The van der Waals surface area contributed by atoms with Gasteiger partial charge in [0.15, 0.2) is 11.3 Å². The van der Waals surface area contributed by atoms with E-state index in [0.29, 0.717) is 16.9 Å². The summed E-state index contributed by atoms with van der Waals surface area (Å²) in [6.45, 7) is 2.97. The van der Waals surface area contributed by atoms with Gasteiger partial charge in [0.05, 0.1) is 13.3 Å². The standard InChI is InChI=1S/C30H29N9O8S2/c1-30(2,28(44)46-14-16-6-8-18(45-3)9-7-16)47-35-20(23-34-29(31)49-36-23)24(40)33-21-25(41)39-22(27(42)43)17(15-48-26(21)39)13-37-11-12-38-19(37)5-4-10-32-38/h4-12,21,26H,13-15H2,1-3H3,(H3-,31,33,34,36,40,42,43)/p+1/b35-20-/t21-,26-/m1/s1. The van der Waals surface area contributed by atoms with Gasteiger partial charge >= 0.3 is 17.6 Å². The van der Waals surface area contributed by atoms with Crippen LogP contribution in [0.2, 0.25) is 0 Å². The van der Waals surface area contributed by atoms with E-state index in [2.05, 4.69) is 24.9 Å². The number of amides is 2. The number of carboxylic acid groups (broad SMARTS) is 1. The number of nitrogens with zero attached hydrogens (tertiary/aromatic N) is 7. The predicted octanol–water partition coefficient (Wildman–Crippen LogP) is 0.746. The molecular weight excluding hydrogens is 679 g/mol. The first-order chi connectivity index (χ1) is 23.5. The van der Waals surface area contributed by atoms with E-state index < -0.39 is 46.5 Å². The van der Waals surface area contributed by atoms with Crippen LogP contribution in [0.1, 0.15) is 25.2 Å². The smallest absolute Gasteiger partial charge is 0.353 e. The molecule has 0 saturated carbocycles. The zero-order valence-electron chi connectivity index (χ0n) is 26.3. The van der Waals surface area contributed by atoms with Crippen molar-refractivity contribution in [3.8, 4) is 5.75 Å². The summed E-state index contributed by atoms with van der Waals surface area (Å²) in [6.07, 6.45) is 5.15. The van der Waals surface area contributed by atoms with E-state index in [1.807, 2.05) is 10.6 Å². The van der Waals surface area contributed by atoms with Gasteiger partial charge in [-0.2, -0.15) is 9.36 Å². The second kappa shape index (κ2) is 13.5. The highest BCUT2D eigenvalue weighted by atomic mass is 32.2. The van der Waals surface area contributed by atoms with E-state index in [4.69, 9.17) is 20.0 Å². The van der Waals surface area contributed by atoms with Crippen LogP contribution in [-0.2, 0) is 41.9 Å². The summed E-state index contributed by atoms with van der Waals surface area (Å²) in [4.78, 5) is 62.9. The molecule has 17 nitrogen and oxygen atoms in total. The number of methoxy groups -OCH3 is 1. The van der Waals surface area contributed by atoms with Gasteiger partial charge in [0.2, 0.25) is 17.1 Å². The third-order valence-corrected chi connectivity index (χ3v) is 9.47. The van der Waals surface area contributed by atoms with Crippen molar-refractivity contribution in [2.24, 2.45) is 5.16 Å². The van der Waals surface area contributed by atoms with Crippen LogP contribution in [0.4, 0.5) is 5.13 Å². The molecule has 6 rings (SSSR count). The van der Waals surface area contributed by atoms with Crippen LogP contribution in [-0.4, -0.2) is 88.3 Å². The van der Waals surface area contributed by atoms with Gasteiger partial charge in [0, 0.05) is 28.9 Å². The zero-order chi connectivity index (χ0) is 34.9. The first kappa shape index (κ1) is 33.3. The molecule has 5 heterocycles. The highest BCUT2D eigenvalue weighted by Gasteiger charge is 2.54. The van der Waals surface area contributed by atoms with Crippen molar-refractivity contribution in [1.82, 2.24) is 29.2 Å². The number of fused-ring (bicyclic) bond motifs is 2. The number of thioether (sulfide) groups is 1. The van der Waals surface area contributed by atoms with Crippen LogP contribution in [0.25, 0.3) is 5.65 Å². The number of β-lactam (4-membered cyclic amide) rings is 1. The highest BCUT2D eigenvalue weighted by Crippen LogP contribution is 2.40. The molecule has 1 aromatic carbocycles. The monoisotopic (exact) mass is 708 g/mol. The molecule has 49 heavy (non-hydrogen) atoms. The maximum absolute atomic E-state index is 13.6. The molecule has 0 spiro atoms. The number of carbonyl (C=O) groups is 4. The number of rotatable bonds is 12. The molecule has 0 bridgehead atoms. The Morgan fingerprint density at radius 2 is 2.00 bits per heavy atom. The van der Waals surface area contributed by atoms with E-state index in [0.717, 1.165) is 17.2 Å². The molecular formula is C30H30N9O8S2+. The second-order valence-corrected chi connectivity index (χ2v) is 13.2. The topological polar surface area (TPSA) is 217 Å². The molecule has 4 N–H and O–H groups in total. The summed E-state index contributed by atoms with van der Waals surface area (Å²) < 4.78 is 18.0. The number of esters is 1. The molecule has 0 radical (unpaired) electrons. The minimum atomic E-state index is -1.65. The van der Waals surface area contributed by atoms with E-state index in [-0.39, 0.29) is 35.6 Å². The van der Waals surface area contributed by atoms with Crippen molar-refractivity contribution in [2.75, 3.05) is 18.6 Å². The SMILES string of the molecule is COc1ccc(COC(=O)C(C)(C)O/N=C(\C(=O)N[C@@H]2C(=O)N3C(C(=O)O)=C(C[n+]4ccn5ncccc54)CS[C@H]23)c2nsc(N)n2)cc1. The fourth-order valence-electron chi connectivity index (χ4n) is 5.05. The van der Waals surface area contributed by atoms with Gasteiger partial charge in [0.1, 0.15) is 42.2 Å². The van der Waals surface area contributed by atoms with Crippen molar-refractivity contribution in [3.63, 3.8) is 0 Å². The van der Waals surface area contributed by atoms with Gasteiger partial charge in [-0.3, -0.25) is 14.5 Å². The lowest BCUT2D eigenvalue weighted by Crippen LogP contribution is -2.71. The third-order valence-electron chi connectivity index (χ3n) is 7.59. The van der Waals surface area contributed by atoms with E-state index in [9.17, 15) is 24.3 Å². The number of hydrogen-bond acceptors (Lipinski definition) is 14. The molecule has 2 amide bonds. The molecule has 3 aromatic heterocycles. The second-order valence-electron chi connectivity index (χ2n) is 11.3. The van der Waals surface area contributed by atoms with Crippen molar-refractivity contribution in [3.05, 3.63) is 77.6 Å². The number of aromatic nitrogens is 5. The summed E-state index contributed by atoms with van der Waals surface area (Å²) in [5.74, 6) is -2.81. The zero-order valence-corrected chi connectivity index (χ0v) is 27.9. The number of nitrogen functional groups attached to an aromatic ring is 1. The minimum absolute atomic E-state index is 0.0378. The number of carboxylic acids is 1. The maximum atomic E-state index is 13.6. The number of nitrogens with one attached hydrogen (secondary N) is 1. The summed E-state index contributed by atoms with van der Waals surface area (Å²) in [7, 11) is 1.54. The van der Waals surface area contributed by atoms with Crippen LogP contribution in [0, 0.1) is 0 Å². The third kappa shape index (κ3) is 6.74. The Morgan fingerprint density at radius 3 is 2.69 bits per heavy atom. The summed E-state index contributed by atoms with van der Waals surface area (Å²) in [5, 5.41) is 20.2. The minimum Gasteiger partial charge on any atom is -0.497 e. The molecule has 2 atom stereocenters. The van der Waals surface area contributed by atoms with Crippen LogP contribution in [0.15, 0.2) is 71.4 Å². The number of hydrogen-bond donors (Lipinski definition) is 3. The largest absolute Gasteiger partial charge is 0.497 e. The van der Waals surface area contributed by atoms with E-state index in [1.54, 1.807) is 60.5 Å². The van der Waals surface area contributed by atoms with Gasteiger partial charge in [-0.05, 0) is 37.6 Å². The molecule has 254 valence electrons. The van der Waals surface area contributed by atoms with Crippen molar-refractivity contribution >= 4 is 63.5 Å². The molecule has 1 fully saturated rings. The molecule has 0 aliphatic carbocycles. The first-order valence-electron chi connectivity index (χ1n) is 14.7. The lowest BCUT2D eigenvalue weighted by atomic mass is 10.0. The van der Waals surface area contributed by atoms with Crippen molar-refractivity contribution < 1.29 is 43.2 Å². The highest BCUT2D eigenvalue weighted by molar-refractivity contribution is 8.00. The van der Waals surface area contributed by atoms with Gasteiger partial charge < -0.3 is 30.5 Å². The lowest BCUT2D eigenvalue weighted by molar-refractivity contribution is -0.662. The number of nitrogens with two attached hydrogens (primary N) is 1. The number of ether oxygens (including phenoxy) is 2. The summed E-state index contributed by atoms with van der Waals surface area (Å²) in [6, 6.07) is 9.45. The van der Waals surface area contributed by atoms with Crippen LogP contribution in [0.5, 0.6) is 5.75 Å². The molecule has 1 saturated heterocycles. The fourth-order valence-corrected chi connectivity index (χ4v) is 6.82. The molecule has 4 aromatic rings. The van der Waals surface area contributed by atoms with Crippen LogP contribution in [0.3, 0.4) is 0 Å². The number of benzene rings is 1. The van der Waals surface area contributed by atoms with Crippen LogP contribution < -0.4 is 20.4 Å². The molecule has 0 unspecified atom stereocenters. The Hall–Kier alpha value is -5.56. The molecule has 2 aliphatic heterocycles. The van der Waals surface area contributed by atoms with E-state index in [1.165, 1.54) is 30.5 Å². The van der Waals surface area contributed by atoms with Gasteiger partial charge in [0.25, 0.3) is 11.8 Å². The average molecular weight is 709 g/mol. The Kier molecular flexibility index (Phi) is 9.20. The van der Waals surface area contributed by atoms with E-state index >= 15 is 0 Å². The van der Waals surface area contributed by atoms with Crippen molar-refractivity contribution in [2.45, 2.75) is 44.0 Å². The van der Waals surface area contributed by atoms with Crippen LogP contribution >= 0.6 is 23.3 Å². The lowest BCUT2D eigenvalue weighted by Gasteiger charge is -2.49. The number of anilines is 1. The number of oxime groups is 1. The Labute approximate surface area is 286 Å². The van der Waals surface area contributed by atoms with Gasteiger partial charge in [-0.15, -0.1) is 16.3 Å². The molecule has 2 aliphatic rings. The number of aliphatic carboxylic acids is 1. The Morgan fingerprint density at radius 1 is 1.22 bits per heavy atom. The predicted molar refractivity (Wildman–Crippen MR) is 174 cm³/mol. The number of carbonyl (C=O) groups excluding carboxylic acids is 3. The summed E-state index contributed by atoms with van der Waals surface area (Å²) in [5.41, 5.74) is 5.47. The number of imidazole rings is 1. The quantitative estimate of drug-likeness (QED) is 0.0609. The first-order valence-corrected chi connectivity index (χ1v) is 16.5. The average Bonchev–Trinajstić information content (AvgIpc) is 3.71. The molecule has 19 heteroatoms. The fraction of sp³-hybridized carbons (Fsp3) is 0.300. The maximum Gasteiger partial charge on any atom is 0.353 e. The van der Waals surface area contributed by atoms with Crippen molar-refractivity contribution in [1.29, 1.82) is 0 Å². The van der Waals surface area contributed by atoms with Gasteiger partial charge in [-0.1, -0.05) is 22.4 Å².